The van der Waals surface area contributed by atoms with Crippen LogP contribution in [0.25, 0.3) is 0 Å². The topological polar surface area (TPSA) is 37.3 Å². The Morgan fingerprint density at radius 1 is 2.00 bits per heavy atom. The number of rotatable bonds is 1. The van der Waals surface area contributed by atoms with Crippen LogP contribution in [-0.2, 0) is 4.79 Å². The minimum Gasteiger partial charge on any atom is -1.00 e. The molecule has 0 spiro atoms. The van der Waals surface area contributed by atoms with Gasteiger partial charge in [0.2, 0.25) is 0 Å². The van der Waals surface area contributed by atoms with E-state index in [0.29, 0.717) is 0 Å². The van der Waals surface area contributed by atoms with Gasteiger partial charge >= 0.3 is 29.0 Å². The molecular formula is C2H5FMgO2. The van der Waals surface area contributed by atoms with E-state index in [2.05, 4.69) is 0 Å². The van der Waals surface area contributed by atoms with Crippen LogP contribution in [0.15, 0.2) is 0 Å². The summed E-state index contributed by atoms with van der Waals surface area (Å²) in [7, 11) is 0. The summed E-state index contributed by atoms with van der Waals surface area (Å²) in [5, 5.41) is 7.35. The zero-order chi connectivity index (χ0) is 4.28. The molecule has 0 radical (unpaired) electrons. The van der Waals surface area contributed by atoms with Crippen molar-refractivity contribution in [2.45, 2.75) is 0 Å². The molecule has 0 saturated carbocycles. The predicted octanol–water partition coefficient (Wildman–Crippen LogP) is -0.115. The summed E-state index contributed by atoms with van der Waals surface area (Å²) in [6.07, 6.45) is 0. The largest absolute Gasteiger partial charge is 2.00 e. The van der Waals surface area contributed by atoms with Crippen LogP contribution in [0, 0.1) is 0 Å². The Hall–Kier alpha value is 0.166. The van der Waals surface area contributed by atoms with E-state index in [1.165, 1.54) is 0 Å². The zero-order valence-electron chi connectivity index (χ0n) is 5.15. The van der Waals surface area contributed by atoms with E-state index >= 15 is 0 Å². The summed E-state index contributed by atoms with van der Waals surface area (Å²) in [6, 6.07) is 0. The third-order valence-electron chi connectivity index (χ3n) is 0.114. The molecule has 0 bridgehead atoms. The monoisotopic (exact) mass is 104 g/mol. The smallest absolute Gasteiger partial charge is 1.00 e. The summed E-state index contributed by atoms with van der Waals surface area (Å²) >= 11 is 0. The summed E-state index contributed by atoms with van der Waals surface area (Å²) in [5.41, 5.74) is 0. The molecule has 0 aliphatic heterocycles. The number of carboxylic acid groups (broad SMARTS) is 1. The van der Waals surface area contributed by atoms with Gasteiger partial charge in [0.05, 0.1) is 0 Å². The molecule has 0 aliphatic rings. The van der Waals surface area contributed by atoms with E-state index < -0.39 is 12.6 Å². The van der Waals surface area contributed by atoms with Crippen molar-refractivity contribution in [2.24, 2.45) is 0 Å². The Kier molecular flexibility index (Phi) is 8.16. The van der Waals surface area contributed by atoms with Crippen molar-refractivity contribution in [1.29, 1.82) is 0 Å². The van der Waals surface area contributed by atoms with E-state index in [1.54, 1.807) is 0 Å². The fourth-order valence-corrected chi connectivity index (χ4v) is 0. The van der Waals surface area contributed by atoms with Crippen molar-refractivity contribution in [3.8, 4) is 0 Å². The first-order valence-corrected chi connectivity index (χ1v) is 1.05. The molecule has 4 heteroatoms. The van der Waals surface area contributed by atoms with Gasteiger partial charge < -0.3 is 7.96 Å². The molecule has 34 valence electrons. The van der Waals surface area contributed by atoms with Crippen LogP contribution in [0.3, 0.4) is 0 Å². The van der Waals surface area contributed by atoms with Crippen LogP contribution in [0.1, 0.15) is 2.85 Å². The Morgan fingerprint density at radius 2 is 2.17 bits per heavy atom. The van der Waals surface area contributed by atoms with E-state index in [0.717, 1.165) is 0 Å². The average Bonchev–Trinajstić information content (AvgIpc) is 1.38. The zero-order valence-corrected chi connectivity index (χ0v) is 4.56. The molecule has 0 unspecified atom stereocenters. The molecule has 2 nitrogen and oxygen atoms in total. The maximum atomic E-state index is 10.5. The number of carbonyl (C=O) groups is 1. The third kappa shape index (κ3) is 8.90. The van der Waals surface area contributed by atoms with E-state index in [1.807, 2.05) is 0 Å². The average molecular weight is 104 g/mol. The van der Waals surface area contributed by atoms with Gasteiger partial charge in [-0.05, 0) is 0 Å². The number of aliphatic carboxylic acids is 1. The summed E-state index contributed by atoms with van der Waals surface area (Å²) in [5.74, 6) is -1.41. The van der Waals surface area contributed by atoms with Crippen LogP contribution >= 0.6 is 0 Å². The number of hydrogen-bond donors (Lipinski definition) is 1. The molecular weight excluding hydrogens is 99.3 g/mol. The molecule has 0 aromatic rings. The Morgan fingerprint density at radius 3 is 2.17 bits per heavy atom. The second-order valence-electron chi connectivity index (χ2n) is 0.527. The van der Waals surface area contributed by atoms with E-state index in [9.17, 15) is 4.39 Å². The van der Waals surface area contributed by atoms with Crippen LogP contribution in [0.4, 0.5) is 4.39 Å². The molecule has 6 heavy (non-hydrogen) atoms. The van der Waals surface area contributed by atoms with Crippen molar-refractivity contribution >= 4 is 29.0 Å². The van der Waals surface area contributed by atoms with E-state index in [4.69, 9.17) is 9.90 Å². The maximum absolute atomic E-state index is 10.5. The molecule has 0 aliphatic carbocycles. The maximum Gasteiger partial charge on any atom is 2.00 e. The van der Waals surface area contributed by atoms with Gasteiger partial charge in [-0.2, -0.15) is 0 Å². The van der Waals surface area contributed by atoms with Crippen LogP contribution in [0.5, 0.6) is 0 Å². The third-order valence-corrected chi connectivity index (χ3v) is 0.114. The SMILES string of the molecule is O=C(O)CF.[H-].[H-].[Mg+2]. The van der Waals surface area contributed by atoms with Crippen molar-refractivity contribution in [3.63, 3.8) is 0 Å². The molecule has 0 fully saturated rings. The molecule has 0 aromatic heterocycles. The van der Waals surface area contributed by atoms with Gasteiger partial charge in [-0.3, -0.25) is 0 Å². The fourth-order valence-electron chi connectivity index (χ4n) is 0. The Labute approximate surface area is 53.5 Å². The molecule has 0 rings (SSSR count). The molecule has 0 saturated heterocycles. The van der Waals surface area contributed by atoms with Gasteiger partial charge in [-0.25, -0.2) is 9.18 Å². The van der Waals surface area contributed by atoms with Crippen LogP contribution < -0.4 is 0 Å². The number of hydrogen-bond acceptors (Lipinski definition) is 1. The minimum atomic E-state index is -1.41. The van der Waals surface area contributed by atoms with Gasteiger partial charge in [-0.1, -0.05) is 0 Å². The van der Waals surface area contributed by atoms with E-state index in [-0.39, 0.29) is 25.9 Å². The fraction of sp³-hybridized carbons (Fsp3) is 0.500. The van der Waals surface area contributed by atoms with Crippen molar-refractivity contribution < 1.29 is 17.1 Å². The molecule has 1 N–H and O–H groups in total. The molecule has 0 aromatic carbocycles. The van der Waals surface area contributed by atoms with Gasteiger partial charge in [0.25, 0.3) is 0 Å². The van der Waals surface area contributed by atoms with Gasteiger partial charge in [0.15, 0.2) is 6.67 Å². The van der Waals surface area contributed by atoms with Crippen molar-refractivity contribution in [3.05, 3.63) is 0 Å². The number of alkyl halides is 1. The molecule has 0 amide bonds. The summed E-state index contributed by atoms with van der Waals surface area (Å²) in [4.78, 5) is 8.99. The normalized spacial score (nSPS) is 6.17. The summed E-state index contributed by atoms with van der Waals surface area (Å²) < 4.78 is 10.5. The van der Waals surface area contributed by atoms with Crippen molar-refractivity contribution in [2.75, 3.05) is 6.67 Å². The number of halogens is 1. The Balaban J connectivity index is -0.0000000267. The first-order valence-electron chi connectivity index (χ1n) is 1.05. The van der Waals surface area contributed by atoms with Crippen LogP contribution in [0.2, 0.25) is 0 Å². The predicted molar refractivity (Wildman–Crippen MR) is 21.6 cm³/mol. The minimum absolute atomic E-state index is 0. The first-order chi connectivity index (χ1) is 2.27. The first kappa shape index (κ1) is 9.48. The molecule has 0 atom stereocenters. The molecule has 0 heterocycles. The number of carboxylic acids is 1. The second kappa shape index (κ2) is 5.17. The standard InChI is InChI=1S/C2H3FO2.Mg.2H/c3-1-2(4)5;;;/h1H2,(H,4,5);;;/q;+2;2*-1. The quantitative estimate of drug-likeness (QED) is 0.471. The second-order valence-corrected chi connectivity index (χ2v) is 0.527. The summed E-state index contributed by atoms with van der Waals surface area (Å²) in [6.45, 7) is -1.28. The van der Waals surface area contributed by atoms with Gasteiger partial charge in [0.1, 0.15) is 0 Å². The van der Waals surface area contributed by atoms with Crippen LogP contribution in [-0.4, -0.2) is 40.8 Å². The van der Waals surface area contributed by atoms with Gasteiger partial charge in [-0.15, -0.1) is 0 Å². The Bertz CT molecular complexity index is 53.3. The van der Waals surface area contributed by atoms with Gasteiger partial charge in [0, 0.05) is 0 Å². The van der Waals surface area contributed by atoms with Crippen molar-refractivity contribution in [1.82, 2.24) is 0 Å².